The van der Waals surface area contributed by atoms with Gasteiger partial charge in [0.1, 0.15) is 11.0 Å². The molecule has 0 saturated heterocycles. The van der Waals surface area contributed by atoms with Crippen molar-refractivity contribution in [3.63, 3.8) is 0 Å². The van der Waals surface area contributed by atoms with Crippen LogP contribution in [0.15, 0.2) is 11.5 Å². The maximum absolute atomic E-state index is 10.5. The van der Waals surface area contributed by atoms with Crippen LogP contribution in [-0.2, 0) is 11.0 Å². The van der Waals surface area contributed by atoms with Crippen LogP contribution in [0.3, 0.4) is 0 Å². The first kappa shape index (κ1) is 17.3. The Labute approximate surface area is 92.0 Å². The number of likely N-dealkylation sites (N-methyl/N-ethyl adjacent to an activating group) is 1. The van der Waals surface area contributed by atoms with E-state index in [2.05, 4.69) is 0 Å². The van der Waals surface area contributed by atoms with Crippen LogP contribution < -0.4 is 24.8 Å². The summed E-state index contributed by atoms with van der Waals surface area (Å²) in [5, 5.41) is 1.69. The summed E-state index contributed by atoms with van der Waals surface area (Å²) >= 11 is 0. The average Bonchev–Trinajstić information content (AvgIpc) is 1.91. The Morgan fingerprint density at radius 3 is 2.10 bits per heavy atom. The van der Waals surface area contributed by atoms with E-state index in [0.717, 1.165) is 6.54 Å². The summed E-state index contributed by atoms with van der Waals surface area (Å²) in [5.74, 6) is 0. The third-order valence-electron chi connectivity index (χ3n) is 0.882. The Balaban J connectivity index is -0.000000163. The zero-order valence-corrected chi connectivity index (χ0v) is 9.33. The first-order valence-electron chi connectivity index (χ1n) is 2.09. The van der Waals surface area contributed by atoms with Gasteiger partial charge >= 0.3 is 23.1 Å². The molecule has 6 heteroatoms. The van der Waals surface area contributed by atoms with Gasteiger partial charge in [0.05, 0.1) is 0 Å². The summed E-state index contributed by atoms with van der Waals surface area (Å²) < 4.78 is 12.3. The normalized spacial score (nSPS) is 22.3. The summed E-state index contributed by atoms with van der Waals surface area (Å²) in [6.07, 6.45) is 1.90. The van der Waals surface area contributed by atoms with Crippen molar-refractivity contribution < 1.29 is 29.0 Å². The van der Waals surface area contributed by atoms with Crippen molar-refractivity contribution in [3.05, 3.63) is 11.5 Å². The molecule has 0 spiro atoms. The second kappa shape index (κ2) is 8.29. The van der Waals surface area contributed by atoms with Gasteiger partial charge < -0.3 is 24.8 Å². The van der Waals surface area contributed by atoms with E-state index in [1.165, 1.54) is 0 Å². The molecule has 0 saturated carbocycles. The molecule has 1 rings (SSSR count). The van der Waals surface area contributed by atoms with Crippen molar-refractivity contribution in [2.45, 2.75) is 0 Å². The molecule has 0 amide bonds. The molecule has 0 fully saturated rings. The molecule has 0 N–H and O–H groups in total. The van der Waals surface area contributed by atoms with Crippen LogP contribution in [0.1, 0.15) is 0 Å². The number of hydrogen-bond donors (Lipinski definition) is 0. The van der Waals surface area contributed by atoms with Crippen molar-refractivity contribution in [1.29, 1.82) is 0 Å². The fourth-order valence-electron chi connectivity index (χ4n) is 0.451. The second-order valence-electron chi connectivity index (χ2n) is 1.46. The van der Waals surface area contributed by atoms with Gasteiger partial charge in [-0.05, 0) is 0 Å². The number of halogens is 2. The maximum atomic E-state index is 10.5. The SMILES string of the molecule is CN1CC=CS1=O.[Cl-].[Cl-].[Mg+2]. The van der Waals surface area contributed by atoms with E-state index in [1.807, 2.05) is 13.1 Å². The van der Waals surface area contributed by atoms with Gasteiger partial charge in [0.25, 0.3) is 0 Å². The second-order valence-corrected chi connectivity index (χ2v) is 2.91. The Bertz CT molecular complexity index is 132. The monoisotopic (exact) mass is 211 g/mol. The molecular weight excluding hydrogens is 205 g/mol. The van der Waals surface area contributed by atoms with Crippen LogP contribution in [-0.4, -0.2) is 45.2 Å². The number of hydrogen-bond acceptors (Lipinski definition) is 1. The largest absolute Gasteiger partial charge is 2.00 e. The van der Waals surface area contributed by atoms with Crippen LogP contribution in [0.25, 0.3) is 0 Å². The first-order chi connectivity index (χ1) is 3.30. The molecule has 1 atom stereocenters. The summed E-state index contributed by atoms with van der Waals surface area (Å²) in [5.41, 5.74) is 0. The molecular formula is C4H7Cl2MgNOS. The van der Waals surface area contributed by atoms with Gasteiger partial charge in [-0.1, -0.05) is 6.08 Å². The van der Waals surface area contributed by atoms with Crippen LogP contribution in [0, 0.1) is 0 Å². The van der Waals surface area contributed by atoms with Gasteiger partial charge in [0, 0.05) is 19.0 Å². The third-order valence-corrected chi connectivity index (χ3v) is 2.07. The molecule has 0 radical (unpaired) electrons. The molecule has 0 aromatic rings. The van der Waals surface area contributed by atoms with E-state index in [0.29, 0.717) is 0 Å². The molecule has 1 aliphatic rings. The Kier molecular flexibility index (Phi) is 14.4. The van der Waals surface area contributed by atoms with Crippen molar-refractivity contribution in [2.75, 3.05) is 13.6 Å². The van der Waals surface area contributed by atoms with Gasteiger partial charge in [-0.25, -0.2) is 8.51 Å². The molecule has 1 aliphatic heterocycles. The van der Waals surface area contributed by atoms with Gasteiger partial charge in [-0.15, -0.1) is 0 Å². The molecule has 0 aromatic heterocycles. The fraction of sp³-hybridized carbons (Fsp3) is 0.500. The van der Waals surface area contributed by atoms with E-state index >= 15 is 0 Å². The van der Waals surface area contributed by atoms with Gasteiger partial charge in [-0.2, -0.15) is 0 Å². The zero-order chi connectivity index (χ0) is 5.28. The van der Waals surface area contributed by atoms with Crippen LogP contribution >= 0.6 is 0 Å². The van der Waals surface area contributed by atoms with Crippen molar-refractivity contribution in [3.8, 4) is 0 Å². The molecule has 0 aliphatic carbocycles. The minimum absolute atomic E-state index is 0. The van der Waals surface area contributed by atoms with Crippen molar-refractivity contribution >= 4 is 34.0 Å². The Morgan fingerprint density at radius 2 is 2.00 bits per heavy atom. The molecule has 0 aromatic carbocycles. The molecule has 0 bridgehead atoms. The van der Waals surface area contributed by atoms with Crippen LogP contribution in [0.2, 0.25) is 0 Å². The minimum atomic E-state index is -0.815. The zero-order valence-electron chi connectivity index (χ0n) is 5.59. The minimum Gasteiger partial charge on any atom is -1.00 e. The van der Waals surface area contributed by atoms with Crippen molar-refractivity contribution in [2.24, 2.45) is 0 Å². The fourth-order valence-corrected chi connectivity index (χ4v) is 1.14. The van der Waals surface area contributed by atoms with E-state index < -0.39 is 11.0 Å². The van der Waals surface area contributed by atoms with Gasteiger partial charge in [0.2, 0.25) is 0 Å². The molecule has 1 heterocycles. The number of rotatable bonds is 0. The predicted molar refractivity (Wildman–Crippen MR) is 35.7 cm³/mol. The molecule has 1 unspecified atom stereocenters. The topological polar surface area (TPSA) is 20.3 Å². The maximum Gasteiger partial charge on any atom is 2.00 e. The molecule has 2 nitrogen and oxygen atoms in total. The first-order valence-corrected chi connectivity index (χ1v) is 3.26. The Hall–Kier alpha value is 1.20. The summed E-state index contributed by atoms with van der Waals surface area (Å²) in [6.45, 7) is 0.826. The smallest absolute Gasteiger partial charge is 1.00 e. The summed E-state index contributed by atoms with van der Waals surface area (Å²) in [6, 6.07) is 0. The van der Waals surface area contributed by atoms with Crippen LogP contribution in [0.5, 0.6) is 0 Å². The van der Waals surface area contributed by atoms with E-state index in [-0.39, 0.29) is 47.9 Å². The van der Waals surface area contributed by atoms with E-state index in [9.17, 15) is 4.21 Å². The summed E-state index contributed by atoms with van der Waals surface area (Å²) in [7, 11) is 1.01. The van der Waals surface area contributed by atoms with Crippen LogP contribution in [0.4, 0.5) is 0 Å². The van der Waals surface area contributed by atoms with E-state index in [1.54, 1.807) is 9.71 Å². The van der Waals surface area contributed by atoms with Gasteiger partial charge in [-0.3, -0.25) is 0 Å². The quantitative estimate of drug-likeness (QED) is 0.366. The molecule has 10 heavy (non-hydrogen) atoms. The van der Waals surface area contributed by atoms with Crippen molar-refractivity contribution in [1.82, 2.24) is 4.31 Å². The van der Waals surface area contributed by atoms with Gasteiger partial charge in [0.15, 0.2) is 0 Å². The summed E-state index contributed by atoms with van der Waals surface area (Å²) in [4.78, 5) is 0. The third kappa shape index (κ3) is 4.93. The molecule has 56 valence electrons. The number of nitrogens with zero attached hydrogens (tertiary/aromatic N) is 1. The Morgan fingerprint density at radius 1 is 1.50 bits per heavy atom. The standard InChI is InChI=1S/C4H7NOS.2ClH.Mg/c1-5-3-2-4-7(5)6;;;/h2,4H,3H2,1H3;2*1H;/q;;;+2/p-2. The van der Waals surface area contributed by atoms with E-state index in [4.69, 9.17) is 0 Å². The predicted octanol–water partition coefficient (Wildman–Crippen LogP) is -6.26. The average molecular weight is 212 g/mol.